The van der Waals surface area contributed by atoms with Gasteiger partial charge in [-0.2, -0.15) is 0 Å². The monoisotopic (exact) mass is 333 g/mol. The molecule has 0 fully saturated rings. The fourth-order valence-electron chi connectivity index (χ4n) is 1.88. The Hall–Kier alpha value is -1.58. The maximum atomic E-state index is 6.18. The van der Waals surface area contributed by atoms with E-state index in [9.17, 15) is 0 Å². The number of halogens is 2. The fourth-order valence-corrected chi connectivity index (χ4v) is 2.44. The number of benzene rings is 2. The Morgan fingerprint density at radius 3 is 2.47 bits per heavy atom. The van der Waals surface area contributed by atoms with Crippen LogP contribution >= 0.6 is 27.5 Å². The summed E-state index contributed by atoms with van der Waals surface area (Å²) in [6.07, 6.45) is 0. The minimum Gasteiger partial charge on any atom is -0.438 e. The fraction of sp³-hybridized carbons (Fsp3) is 0. The first kappa shape index (κ1) is 12.5. The summed E-state index contributed by atoms with van der Waals surface area (Å²) >= 11 is 9.50. The zero-order valence-electron chi connectivity index (χ0n) is 9.81. The first-order valence-electron chi connectivity index (χ1n) is 5.72. The summed E-state index contributed by atoms with van der Waals surface area (Å²) in [7, 11) is 0. The van der Waals surface area contributed by atoms with Crippen molar-refractivity contribution in [3.8, 4) is 11.6 Å². The molecule has 3 aromatic rings. The molecule has 1 heterocycles. The van der Waals surface area contributed by atoms with Crippen molar-refractivity contribution < 1.29 is 4.74 Å². The second-order valence-electron chi connectivity index (χ2n) is 3.99. The lowest BCUT2D eigenvalue weighted by Crippen LogP contribution is -1.89. The standard InChI is InChI=1S/C15H9BrClNO/c16-14-6-3-7-15(18-14)19-13-9-8-12(17)10-4-1-2-5-11(10)13/h1-9H. The summed E-state index contributed by atoms with van der Waals surface area (Å²) in [6, 6.07) is 17.1. The molecule has 0 radical (unpaired) electrons. The number of rotatable bonds is 2. The van der Waals surface area contributed by atoms with Crippen LogP contribution in [0.4, 0.5) is 0 Å². The summed E-state index contributed by atoms with van der Waals surface area (Å²) in [5.41, 5.74) is 0. The van der Waals surface area contributed by atoms with E-state index in [1.807, 2.05) is 54.6 Å². The third kappa shape index (κ3) is 2.57. The van der Waals surface area contributed by atoms with E-state index in [1.54, 1.807) is 0 Å². The van der Waals surface area contributed by atoms with Gasteiger partial charge < -0.3 is 4.74 Å². The summed E-state index contributed by atoms with van der Waals surface area (Å²) in [5, 5.41) is 2.65. The van der Waals surface area contributed by atoms with Crippen molar-refractivity contribution in [1.82, 2.24) is 4.98 Å². The van der Waals surface area contributed by atoms with E-state index >= 15 is 0 Å². The Morgan fingerprint density at radius 1 is 0.895 bits per heavy atom. The van der Waals surface area contributed by atoms with Crippen LogP contribution in [-0.2, 0) is 0 Å². The lowest BCUT2D eigenvalue weighted by molar-refractivity contribution is 0.467. The highest BCUT2D eigenvalue weighted by Gasteiger charge is 2.07. The molecule has 0 aliphatic heterocycles. The van der Waals surface area contributed by atoms with Crippen molar-refractivity contribution >= 4 is 38.3 Å². The second kappa shape index (κ2) is 5.19. The average molecular weight is 335 g/mol. The van der Waals surface area contributed by atoms with E-state index in [4.69, 9.17) is 16.3 Å². The van der Waals surface area contributed by atoms with Gasteiger partial charge in [-0.3, -0.25) is 0 Å². The third-order valence-electron chi connectivity index (χ3n) is 2.73. The van der Waals surface area contributed by atoms with Gasteiger partial charge in [0.15, 0.2) is 0 Å². The van der Waals surface area contributed by atoms with Crippen molar-refractivity contribution in [2.75, 3.05) is 0 Å². The number of aromatic nitrogens is 1. The lowest BCUT2D eigenvalue weighted by atomic mass is 10.1. The molecule has 19 heavy (non-hydrogen) atoms. The first-order chi connectivity index (χ1) is 9.24. The van der Waals surface area contributed by atoms with Gasteiger partial charge in [0.1, 0.15) is 10.4 Å². The van der Waals surface area contributed by atoms with E-state index < -0.39 is 0 Å². The summed E-state index contributed by atoms with van der Waals surface area (Å²) in [5.74, 6) is 1.28. The summed E-state index contributed by atoms with van der Waals surface area (Å²) in [4.78, 5) is 4.26. The molecule has 0 saturated heterocycles. The molecule has 2 nitrogen and oxygen atoms in total. The van der Waals surface area contributed by atoms with Gasteiger partial charge in [-0.05, 0) is 34.1 Å². The van der Waals surface area contributed by atoms with E-state index in [2.05, 4.69) is 20.9 Å². The predicted octanol–water partition coefficient (Wildman–Crippen LogP) is 5.44. The van der Waals surface area contributed by atoms with E-state index in [1.165, 1.54) is 0 Å². The smallest absolute Gasteiger partial charge is 0.220 e. The summed E-state index contributed by atoms with van der Waals surface area (Å²) in [6.45, 7) is 0. The molecule has 94 valence electrons. The molecule has 0 atom stereocenters. The van der Waals surface area contributed by atoms with Gasteiger partial charge in [-0.1, -0.05) is 41.9 Å². The normalized spacial score (nSPS) is 10.6. The lowest BCUT2D eigenvalue weighted by Gasteiger charge is -2.09. The molecule has 0 amide bonds. The van der Waals surface area contributed by atoms with Crippen LogP contribution < -0.4 is 4.74 Å². The van der Waals surface area contributed by atoms with Gasteiger partial charge in [-0.15, -0.1) is 0 Å². The molecule has 0 unspecified atom stereocenters. The van der Waals surface area contributed by atoms with Crippen LogP contribution in [0.1, 0.15) is 0 Å². The van der Waals surface area contributed by atoms with Crippen molar-refractivity contribution in [2.45, 2.75) is 0 Å². The topological polar surface area (TPSA) is 22.1 Å². The molecule has 0 aliphatic carbocycles. The zero-order chi connectivity index (χ0) is 13.2. The molecule has 4 heteroatoms. The van der Waals surface area contributed by atoms with Gasteiger partial charge in [0.25, 0.3) is 0 Å². The first-order valence-corrected chi connectivity index (χ1v) is 6.89. The van der Waals surface area contributed by atoms with Crippen LogP contribution in [0, 0.1) is 0 Å². The molecule has 0 bridgehead atoms. The Kier molecular flexibility index (Phi) is 3.40. The maximum Gasteiger partial charge on any atom is 0.220 e. The van der Waals surface area contributed by atoms with Crippen LogP contribution in [0.3, 0.4) is 0 Å². The third-order valence-corrected chi connectivity index (χ3v) is 3.51. The van der Waals surface area contributed by atoms with Gasteiger partial charge in [0, 0.05) is 21.9 Å². The zero-order valence-corrected chi connectivity index (χ0v) is 12.1. The minimum atomic E-state index is 0.543. The maximum absolute atomic E-state index is 6.18. The Balaban J connectivity index is 2.09. The molecular formula is C15H9BrClNO. The Bertz CT molecular complexity index is 745. The summed E-state index contributed by atoms with van der Waals surface area (Å²) < 4.78 is 6.57. The van der Waals surface area contributed by atoms with E-state index in [0.717, 1.165) is 21.1 Å². The minimum absolute atomic E-state index is 0.543. The number of hydrogen-bond acceptors (Lipinski definition) is 2. The van der Waals surface area contributed by atoms with Crippen LogP contribution in [0.2, 0.25) is 5.02 Å². The highest BCUT2D eigenvalue weighted by atomic mass is 79.9. The van der Waals surface area contributed by atoms with E-state index in [0.29, 0.717) is 10.9 Å². The van der Waals surface area contributed by atoms with Crippen LogP contribution in [0.15, 0.2) is 59.2 Å². The molecule has 2 aromatic carbocycles. The number of hydrogen-bond donors (Lipinski definition) is 0. The number of pyridine rings is 1. The Morgan fingerprint density at radius 2 is 1.68 bits per heavy atom. The van der Waals surface area contributed by atoms with Crippen LogP contribution in [-0.4, -0.2) is 4.98 Å². The largest absolute Gasteiger partial charge is 0.438 e. The molecular weight excluding hydrogens is 326 g/mol. The molecule has 3 rings (SSSR count). The molecule has 0 aliphatic rings. The second-order valence-corrected chi connectivity index (χ2v) is 5.21. The number of ether oxygens (including phenoxy) is 1. The molecule has 0 saturated carbocycles. The Labute approximate surface area is 124 Å². The van der Waals surface area contributed by atoms with Gasteiger partial charge in [0.05, 0.1) is 0 Å². The highest BCUT2D eigenvalue weighted by molar-refractivity contribution is 9.10. The van der Waals surface area contributed by atoms with Crippen molar-refractivity contribution in [3.05, 3.63) is 64.2 Å². The van der Waals surface area contributed by atoms with Crippen molar-refractivity contribution in [1.29, 1.82) is 0 Å². The van der Waals surface area contributed by atoms with Gasteiger partial charge >= 0.3 is 0 Å². The van der Waals surface area contributed by atoms with E-state index in [-0.39, 0.29) is 0 Å². The highest BCUT2D eigenvalue weighted by Crippen LogP contribution is 2.33. The van der Waals surface area contributed by atoms with Crippen molar-refractivity contribution in [3.63, 3.8) is 0 Å². The number of fused-ring (bicyclic) bond motifs is 1. The number of nitrogens with zero attached hydrogens (tertiary/aromatic N) is 1. The average Bonchev–Trinajstić information content (AvgIpc) is 2.42. The quantitative estimate of drug-likeness (QED) is 0.582. The predicted molar refractivity (Wildman–Crippen MR) is 81.0 cm³/mol. The van der Waals surface area contributed by atoms with Crippen LogP contribution in [0.25, 0.3) is 10.8 Å². The van der Waals surface area contributed by atoms with Gasteiger partial charge in [-0.25, -0.2) is 4.98 Å². The SMILES string of the molecule is Clc1ccc(Oc2cccc(Br)n2)c2ccccc12. The van der Waals surface area contributed by atoms with Crippen molar-refractivity contribution in [2.24, 2.45) is 0 Å². The molecule has 0 N–H and O–H groups in total. The molecule has 1 aromatic heterocycles. The van der Waals surface area contributed by atoms with Gasteiger partial charge in [0.2, 0.25) is 5.88 Å². The molecule has 0 spiro atoms. The van der Waals surface area contributed by atoms with Crippen LogP contribution in [0.5, 0.6) is 11.6 Å².